The van der Waals surface area contributed by atoms with Gasteiger partial charge in [0.1, 0.15) is 9.84 Å². The first-order valence-corrected chi connectivity index (χ1v) is 7.25. The number of sulfone groups is 1. The van der Waals surface area contributed by atoms with Gasteiger partial charge in [-0.05, 0) is 12.8 Å². The molecule has 1 rings (SSSR count). The highest BCUT2D eigenvalue weighted by Gasteiger charge is 2.14. The lowest BCUT2D eigenvalue weighted by Crippen LogP contribution is -2.23. The zero-order valence-corrected chi connectivity index (χ0v) is 10.9. The molecule has 0 aliphatic heterocycles. The highest BCUT2D eigenvalue weighted by molar-refractivity contribution is 7.90. The molecule has 0 atom stereocenters. The summed E-state index contributed by atoms with van der Waals surface area (Å²) in [6.45, 7) is 5.90. The summed E-state index contributed by atoms with van der Waals surface area (Å²) in [5, 5.41) is 2.91. The van der Waals surface area contributed by atoms with Gasteiger partial charge in [0.15, 0.2) is 0 Å². The van der Waals surface area contributed by atoms with E-state index in [0.717, 1.165) is 17.5 Å². The molecule has 0 aliphatic carbocycles. The van der Waals surface area contributed by atoms with E-state index in [1.807, 2.05) is 20.8 Å². The SMILES string of the molecule is Cc1[nH]n(CCS(C)(=O)=O)c(=O)c1C(C)C. The highest BCUT2D eigenvalue weighted by atomic mass is 32.2. The minimum Gasteiger partial charge on any atom is -0.300 e. The average Bonchev–Trinajstić information content (AvgIpc) is 2.36. The molecule has 0 bridgehead atoms. The predicted molar refractivity (Wildman–Crippen MR) is 63.6 cm³/mol. The van der Waals surface area contributed by atoms with E-state index in [-0.39, 0.29) is 23.8 Å². The number of aryl methyl sites for hydroxylation is 2. The summed E-state index contributed by atoms with van der Waals surface area (Å²) in [7, 11) is -3.04. The van der Waals surface area contributed by atoms with Gasteiger partial charge in [-0.3, -0.25) is 14.6 Å². The Morgan fingerprint density at radius 2 is 1.94 bits per heavy atom. The Kier molecular flexibility index (Phi) is 3.62. The van der Waals surface area contributed by atoms with E-state index < -0.39 is 9.84 Å². The van der Waals surface area contributed by atoms with Gasteiger partial charge in [-0.1, -0.05) is 13.8 Å². The van der Waals surface area contributed by atoms with Crippen molar-refractivity contribution in [3.63, 3.8) is 0 Å². The molecule has 0 radical (unpaired) electrons. The van der Waals surface area contributed by atoms with E-state index in [2.05, 4.69) is 5.10 Å². The molecule has 0 aliphatic rings. The maximum Gasteiger partial charge on any atom is 0.270 e. The molecule has 6 heteroatoms. The minimum absolute atomic E-state index is 0.0234. The van der Waals surface area contributed by atoms with E-state index in [1.54, 1.807) is 0 Å². The smallest absolute Gasteiger partial charge is 0.270 e. The zero-order chi connectivity index (χ0) is 12.5. The van der Waals surface area contributed by atoms with E-state index in [9.17, 15) is 13.2 Å². The molecule has 92 valence electrons. The number of nitrogens with zero attached hydrogens (tertiary/aromatic N) is 1. The van der Waals surface area contributed by atoms with E-state index in [1.165, 1.54) is 4.68 Å². The standard InChI is InChI=1S/C10H18N2O3S/c1-7(2)9-8(3)11-12(10(9)13)5-6-16(4,14)15/h7,11H,5-6H2,1-4H3. The number of hydrogen-bond donors (Lipinski definition) is 1. The second-order valence-electron chi connectivity index (χ2n) is 4.39. The molecule has 0 saturated carbocycles. The topological polar surface area (TPSA) is 71.9 Å². The molecule has 1 aromatic rings. The fourth-order valence-corrected chi connectivity index (χ4v) is 2.23. The molecule has 1 aromatic heterocycles. The molecule has 0 spiro atoms. The summed E-state index contributed by atoms with van der Waals surface area (Å²) in [6, 6.07) is 0. The van der Waals surface area contributed by atoms with Crippen LogP contribution in [0.3, 0.4) is 0 Å². The van der Waals surface area contributed by atoms with Gasteiger partial charge in [0.25, 0.3) is 5.56 Å². The highest BCUT2D eigenvalue weighted by Crippen LogP contribution is 2.12. The Bertz CT molecular complexity index is 523. The van der Waals surface area contributed by atoms with E-state index in [4.69, 9.17) is 0 Å². The molecule has 0 fully saturated rings. The van der Waals surface area contributed by atoms with Crippen molar-refractivity contribution in [2.75, 3.05) is 12.0 Å². The van der Waals surface area contributed by atoms with Crippen LogP contribution in [0.5, 0.6) is 0 Å². The quantitative estimate of drug-likeness (QED) is 0.848. The molecule has 1 N–H and O–H groups in total. The Labute approximate surface area is 95.4 Å². The number of H-pyrrole nitrogens is 1. The van der Waals surface area contributed by atoms with Crippen LogP contribution in [0.4, 0.5) is 0 Å². The van der Waals surface area contributed by atoms with Crippen LogP contribution in [-0.2, 0) is 16.4 Å². The zero-order valence-electron chi connectivity index (χ0n) is 10.1. The Morgan fingerprint density at radius 1 is 1.38 bits per heavy atom. The lowest BCUT2D eigenvalue weighted by molar-refractivity contribution is 0.580. The van der Waals surface area contributed by atoms with Gasteiger partial charge >= 0.3 is 0 Å². The van der Waals surface area contributed by atoms with Gasteiger partial charge in [-0.25, -0.2) is 8.42 Å². The Hall–Kier alpha value is -1.04. The van der Waals surface area contributed by atoms with E-state index in [0.29, 0.717) is 0 Å². The number of nitrogens with one attached hydrogen (secondary N) is 1. The largest absolute Gasteiger partial charge is 0.300 e. The van der Waals surface area contributed by atoms with Crippen LogP contribution in [0.25, 0.3) is 0 Å². The summed E-state index contributed by atoms with van der Waals surface area (Å²) in [4.78, 5) is 11.9. The molecule has 16 heavy (non-hydrogen) atoms. The molecule has 0 amide bonds. The van der Waals surface area contributed by atoms with Crippen LogP contribution in [0.1, 0.15) is 31.0 Å². The van der Waals surface area contributed by atoms with Crippen LogP contribution in [-0.4, -0.2) is 30.2 Å². The van der Waals surface area contributed by atoms with Crippen molar-refractivity contribution in [2.24, 2.45) is 0 Å². The maximum absolute atomic E-state index is 11.9. The average molecular weight is 246 g/mol. The summed E-state index contributed by atoms with van der Waals surface area (Å²) in [6.07, 6.45) is 1.16. The second-order valence-corrected chi connectivity index (χ2v) is 6.65. The first-order chi connectivity index (χ1) is 7.22. The first-order valence-electron chi connectivity index (χ1n) is 5.19. The van der Waals surface area contributed by atoms with Crippen molar-refractivity contribution in [3.05, 3.63) is 21.6 Å². The molecular formula is C10H18N2O3S. The number of aromatic nitrogens is 2. The van der Waals surface area contributed by atoms with Gasteiger partial charge < -0.3 is 0 Å². The first kappa shape index (κ1) is 13.0. The fourth-order valence-electron chi connectivity index (χ4n) is 1.71. The monoisotopic (exact) mass is 246 g/mol. The third-order valence-corrected chi connectivity index (χ3v) is 3.37. The van der Waals surface area contributed by atoms with E-state index >= 15 is 0 Å². The van der Waals surface area contributed by atoms with Crippen molar-refractivity contribution in [1.29, 1.82) is 0 Å². The van der Waals surface area contributed by atoms with Crippen molar-refractivity contribution >= 4 is 9.84 Å². The van der Waals surface area contributed by atoms with Gasteiger partial charge in [0.05, 0.1) is 12.3 Å². The number of hydrogen-bond acceptors (Lipinski definition) is 3. The van der Waals surface area contributed by atoms with Crippen molar-refractivity contribution in [2.45, 2.75) is 33.2 Å². The molecule has 0 unspecified atom stereocenters. The van der Waals surface area contributed by atoms with Crippen LogP contribution < -0.4 is 5.56 Å². The van der Waals surface area contributed by atoms with Gasteiger partial charge in [0.2, 0.25) is 0 Å². The fraction of sp³-hybridized carbons (Fsp3) is 0.700. The molecule has 0 saturated heterocycles. The molecule has 0 aromatic carbocycles. The number of rotatable bonds is 4. The van der Waals surface area contributed by atoms with Crippen molar-refractivity contribution < 1.29 is 8.42 Å². The maximum atomic E-state index is 11.9. The van der Waals surface area contributed by atoms with Gasteiger partial charge in [-0.2, -0.15) is 0 Å². The van der Waals surface area contributed by atoms with Crippen molar-refractivity contribution in [3.8, 4) is 0 Å². The summed E-state index contributed by atoms with van der Waals surface area (Å²) >= 11 is 0. The summed E-state index contributed by atoms with van der Waals surface area (Å²) in [5.74, 6) is 0.118. The van der Waals surface area contributed by atoms with Crippen LogP contribution in [0.2, 0.25) is 0 Å². The normalized spacial score (nSPS) is 12.3. The van der Waals surface area contributed by atoms with Crippen LogP contribution in [0.15, 0.2) is 4.79 Å². The van der Waals surface area contributed by atoms with Crippen LogP contribution in [0, 0.1) is 6.92 Å². The molecule has 5 nitrogen and oxygen atoms in total. The third-order valence-electron chi connectivity index (χ3n) is 2.45. The van der Waals surface area contributed by atoms with Crippen molar-refractivity contribution in [1.82, 2.24) is 9.78 Å². The van der Waals surface area contributed by atoms with Gasteiger partial charge in [-0.15, -0.1) is 0 Å². The minimum atomic E-state index is -3.04. The molecule has 1 heterocycles. The third kappa shape index (κ3) is 2.98. The Balaban J connectivity index is 3.01. The predicted octanol–water partition coefficient (Wildman–Crippen LogP) is 0.653. The Morgan fingerprint density at radius 3 is 2.31 bits per heavy atom. The summed E-state index contributed by atoms with van der Waals surface area (Å²) in [5.41, 5.74) is 1.43. The lowest BCUT2D eigenvalue weighted by Gasteiger charge is -2.00. The second kappa shape index (κ2) is 4.45. The van der Waals surface area contributed by atoms with Crippen LogP contribution >= 0.6 is 0 Å². The summed E-state index contributed by atoms with van der Waals surface area (Å²) < 4.78 is 23.4. The number of aromatic amines is 1. The lowest BCUT2D eigenvalue weighted by atomic mass is 10.1. The van der Waals surface area contributed by atoms with Gasteiger partial charge in [0, 0.05) is 17.5 Å². The molecular weight excluding hydrogens is 228 g/mol.